The van der Waals surface area contributed by atoms with Gasteiger partial charge in [0.05, 0.1) is 23.5 Å². The lowest BCUT2D eigenvalue weighted by atomic mass is 10.0. The molecule has 3 heterocycles. The number of thioether (sulfide) groups is 1. The van der Waals surface area contributed by atoms with E-state index in [-0.39, 0.29) is 6.61 Å². The smallest absolute Gasteiger partial charge is 0.130 e. The van der Waals surface area contributed by atoms with E-state index in [1.165, 1.54) is 15.8 Å². The first kappa shape index (κ1) is 22.5. The van der Waals surface area contributed by atoms with Gasteiger partial charge < -0.3 is 14.4 Å². The van der Waals surface area contributed by atoms with Crippen molar-refractivity contribution in [3.63, 3.8) is 0 Å². The second kappa shape index (κ2) is 9.23. The van der Waals surface area contributed by atoms with Gasteiger partial charge in [-0.1, -0.05) is 54.9 Å². The summed E-state index contributed by atoms with van der Waals surface area (Å²) < 4.78 is 8.60. The number of aromatic nitrogens is 2. The normalized spacial score (nSPS) is 15.1. The highest BCUT2D eigenvalue weighted by atomic mass is 35.5. The van der Waals surface area contributed by atoms with Crippen LogP contribution in [-0.2, 0) is 26.2 Å². The lowest BCUT2D eigenvalue weighted by Gasteiger charge is -2.22. The number of hydrogen-bond donors (Lipinski definition) is 1. The molecule has 176 valence electrons. The molecular formula is C29H25ClN2O2S. The van der Waals surface area contributed by atoms with E-state index in [4.69, 9.17) is 16.3 Å². The van der Waals surface area contributed by atoms with Crippen LogP contribution in [-0.4, -0.2) is 19.9 Å². The molecule has 0 saturated heterocycles. The van der Waals surface area contributed by atoms with Gasteiger partial charge in [-0.25, -0.2) is 0 Å². The lowest BCUT2D eigenvalue weighted by Crippen LogP contribution is -2.10. The van der Waals surface area contributed by atoms with Gasteiger partial charge in [0.2, 0.25) is 0 Å². The predicted molar refractivity (Wildman–Crippen MR) is 144 cm³/mol. The Labute approximate surface area is 213 Å². The molecule has 1 unspecified atom stereocenters. The average Bonchev–Trinajstić information content (AvgIpc) is 3.17. The highest BCUT2D eigenvalue weighted by Gasteiger charge is 2.28. The maximum Gasteiger partial charge on any atom is 0.130 e. The molecule has 1 atom stereocenters. The predicted octanol–water partition coefficient (Wildman–Crippen LogP) is 7.00. The number of rotatable bonds is 6. The molecule has 0 bridgehead atoms. The molecule has 3 aromatic carbocycles. The number of halogens is 1. The number of hydrogen-bond acceptors (Lipinski definition) is 4. The van der Waals surface area contributed by atoms with Crippen LogP contribution in [0.1, 0.15) is 29.4 Å². The van der Waals surface area contributed by atoms with E-state index in [0.29, 0.717) is 18.4 Å². The van der Waals surface area contributed by atoms with Gasteiger partial charge in [-0.2, -0.15) is 0 Å². The Morgan fingerprint density at radius 3 is 2.69 bits per heavy atom. The van der Waals surface area contributed by atoms with Crippen molar-refractivity contribution in [1.29, 1.82) is 0 Å². The van der Waals surface area contributed by atoms with Crippen molar-refractivity contribution in [2.45, 2.75) is 43.2 Å². The standard InChI is InChI=1S/C29H25ClN2O2S/c1-18-12-24-27(34-17-23-13-20-4-2-3-5-21(20)14-31-23)11-10-25-28(24)29(35-18)26(16-33)32(25)15-19-6-8-22(30)9-7-19/h2-11,13-14,18,33H,12,15-17H2,1H3. The molecule has 4 nitrogen and oxygen atoms in total. The molecule has 6 heteroatoms. The third-order valence-electron chi connectivity index (χ3n) is 6.63. The van der Waals surface area contributed by atoms with Crippen LogP contribution in [0.2, 0.25) is 5.02 Å². The van der Waals surface area contributed by atoms with Gasteiger partial charge in [-0.05, 0) is 47.7 Å². The average molecular weight is 501 g/mol. The molecule has 0 spiro atoms. The first-order chi connectivity index (χ1) is 17.1. The molecule has 6 rings (SSSR count). The minimum atomic E-state index is -0.00599. The summed E-state index contributed by atoms with van der Waals surface area (Å²) in [7, 11) is 0. The number of pyridine rings is 1. The summed E-state index contributed by atoms with van der Waals surface area (Å²) in [6.45, 7) is 3.32. The Bertz CT molecular complexity index is 1540. The van der Waals surface area contributed by atoms with Gasteiger partial charge in [-0.15, -0.1) is 11.8 Å². The van der Waals surface area contributed by atoms with Crippen LogP contribution in [0.25, 0.3) is 21.7 Å². The molecule has 0 saturated carbocycles. The highest BCUT2D eigenvalue weighted by molar-refractivity contribution is 8.00. The fraction of sp³-hybridized carbons (Fsp3) is 0.207. The molecule has 0 radical (unpaired) electrons. The Morgan fingerprint density at radius 1 is 1.09 bits per heavy atom. The van der Waals surface area contributed by atoms with Gasteiger partial charge >= 0.3 is 0 Å². The molecular weight excluding hydrogens is 476 g/mol. The summed E-state index contributed by atoms with van der Waals surface area (Å²) >= 11 is 7.94. The maximum absolute atomic E-state index is 10.4. The largest absolute Gasteiger partial charge is 0.487 e. The Balaban J connectivity index is 1.38. The minimum Gasteiger partial charge on any atom is -0.487 e. The van der Waals surface area contributed by atoms with Crippen molar-refractivity contribution in [2.75, 3.05) is 0 Å². The van der Waals surface area contributed by atoms with Gasteiger partial charge in [0.25, 0.3) is 0 Å². The van der Waals surface area contributed by atoms with Crippen molar-refractivity contribution < 1.29 is 9.84 Å². The van der Waals surface area contributed by atoms with E-state index in [1.54, 1.807) is 0 Å². The van der Waals surface area contributed by atoms with Crippen LogP contribution in [0.15, 0.2) is 77.8 Å². The molecule has 2 aromatic heterocycles. The molecule has 1 N–H and O–H groups in total. The van der Waals surface area contributed by atoms with Gasteiger partial charge in [0.15, 0.2) is 0 Å². The molecule has 0 aliphatic carbocycles. The SMILES string of the molecule is CC1Cc2c(OCc3cc4ccccc4cn3)ccc3c2c(c(CO)n3Cc2ccc(Cl)cc2)S1. The van der Waals surface area contributed by atoms with Crippen molar-refractivity contribution in [2.24, 2.45) is 0 Å². The van der Waals surface area contributed by atoms with Crippen LogP contribution in [0.3, 0.4) is 0 Å². The number of aliphatic hydroxyl groups is 1. The van der Waals surface area contributed by atoms with Crippen molar-refractivity contribution >= 4 is 45.0 Å². The van der Waals surface area contributed by atoms with Crippen molar-refractivity contribution in [3.8, 4) is 5.75 Å². The second-order valence-corrected chi connectivity index (χ2v) is 10.9. The third-order valence-corrected chi connectivity index (χ3v) is 8.13. The number of ether oxygens (including phenoxy) is 1. The Hall–Kier alpha value is -2.99. The third kappa shape index (κ3) is 4.18. The van der Waals surface area contributed by atoms with Gasteiger partial charge in [-0.3, -0.25) is 4.98 Å². The van der Waals surface area contributed by atoms with Gasteiger partial charge in [0.1, 0.15) is 12.4 Å². The van der Waals surface area contributed by atoms with E-state index >= 15 is 0 Å². The Morgan fingerprint density at radius 2 is 1.89 bits per heavy atom. The van der Waals surface area contributed by atoms with E-state index in [0.717, 1.165) is 50.4 Å². The number of nitrogens with zero attached hydrogens (tertiary/aromatic N) is 2. The Kier molecular flexibility index (Phi) is 5.93. The van der Waals surface area contributed by atoms with Crippen molar-refractivity contribution in [3.05, 3.63) is 100 Å². The first-order valence-electron chi connectivity index (χ1n) is 11.8. The van der Waals surface area contributed by atoms with Crippen molar-refractivity contribution in [1.82, 2.24) is 9.55 Å². The van der Waals surface area contributed by atoms with Crippen LogP contribution >= 0.6 is 23.4 Å². The lowest BCUT2D eigenvalue weighted by molar-refractivity contribution is 0.269. The van der Waals surface area contributed by atoms with E-state index < -0.39 is 0 Å². The molecule has 5 aromatic rings. The molecule has 0 fully saturated rings. The van der Waals surface area contributed by atoms with Crippen LogP contribution in [0.5, 0.6) is 5.75 Å². The highest BCUT2D eigenvalue weighted by Crippen LogP contribution is 2.47. The first-order valence-corrected chi connectivity index (χ1v) is 13.0. The minimum absolute atomic E-state index is 0.00599. The zero-order valence-corrected chi connectivity index (χ0v) is 20.9. The fourth-order valence-electron chi connectivity index (χ4n) is 4.97. The maximum atomic E-state index is 10.4. The number of aliphatic hydroxyl groups excluding tert-OH is 1. The zero-order valence-electron chi connectivity index (χ0n) is 19.4. The molecule has 0 amide bonds. The zero-order chi connectivity index (χ0) is 23.9. The quantitative estimate of drug-likeness (QED) is 0.272. The molecule has 35 heavy (non-hydrogen) atoms. The summed E-state index contributed by atoms with van der Waals surface area (Å²) in [4.78, 5) is 5.76. The summed E-state index contributed by atoms with van der Waals surface area (Å²) in [5.74, 6) is 0.897. The summed E-state index contributed by atoms with van der Waals surface area (Å²) in [5.41, 5.74) is 5.36. The van der Waals surface area contributed by atoms with Crippen LogP contribution in [0, 0.1) is 0 Å². The summed E-state index contributed by atoms with van der Waals surface area (Å²) in [5, 5.41) is 15.0. The summed E-state index contributed by atoms with van der Waals surface area (Å²) in [6.07, 6.45) is 2.83. The molecule has 1 aliphatic rings. The second-order valence-electron chi connectivity index (χ2n) is 9.03. The van der Waals surface area contributed by atoms with E-state index in [1.807, 2.05) is 54.4 Å². The topological polar surface area (TPSA) is 47.3 Å². The van der Waals surface area contributed by atoms with Crippen LogP contribution < -0.4 is 4.74 Å². The van der Waals surface area contributed by atoms with Crippen LogP contribution in [0.4, 0.5) is 0 Å². The molecule has 1 aliphatic heterocycles. The van der Waals surface area contributed by atoms with E-state index in [9.17, 15) is 5.11 Å². The fourth-order valence-corrected chi connectivity index (χ4v) is 6.41. The number of benzene rings is 3. The van der Waals surface area contributed by atoms with E-state index in [2.05, 4.69) is 46.8 Å². The monoisotopic (exact) mass is 500 g/mol. The number of fused-ring (bicyclic) bond motifs is 1. The van der Waals surface area contributed by atoms with Gasteiger partial charge in [0, 0.05) is 44.2 Å². The summed E-state index contributed by atoms with van der Waals surface area (Å²) in [6, 6.07) is 22.4.